The maximum Gasteiger partial charge on any atom is 0.298 e. The van der Waals surface area contributed by atoms with E-state index < -0.39 is 11.7 Å². The monoisotopic (exact) mass is 269 g/mol. The quantitative estimate of drug-likeness (QED) is 0.564. The van der Waals surface area contributed by atoms with Gasteiger partial charge in [0, 0.05) is 23.2 Å². The van der Waals surface area contributed by atoms with Crippen molar-refractivity contribution < 1.29 is 14.1 Å². The number of carbonyl (C=O) groups excluding carboxylic acids is 2. The zero-order chi connectivity index (χ0) is 14.1. The fourth-order valence-corrected chi connectivity index (χ4v) is 1.98. The second-order valence-electron chi connectivity index (χ2n) is 4.35. The van der Waals surface area contributed by atoms with Crippen LogP contribution in [0.2, 0.25) is 0 Å². The van der Waals surface area contributed by atoms with Gasteiger partial charge in [0.2, 0.25) is 0 Å². The molecule has 0 aliphatic carbocycles. The minimum absolute atomic E-state index is 0.223. The first-order valence-electron chi connectivity index (χ1n) is 6.00. The molecule has 2 N–H and O–H groups in total. The summed E-state index contributed by atoms with van der Waals surface area (Å²) in [6, 6.07) is 8.83. The SMILES string of the molecule is Cc1cc(NC(=O)C(=O)c2c[nH]c3ccccc23)no1. The lowest BCUT2D eigenvalue weighted by Crippen LogP contribution is -2.22. The standard InChI is InChI=1S/C14H11N3O3/c1-8-6-12(17-20-8)16-14(19)13(18)10-7-15-11-5-3-2-4-9(10)11/h2-7,15H,1H3,(H,16,17,19). The summed E-state index contributed by atoms with van der Waals surface area (Å²) in [6.45, 7) is 1.70. The van der Waals surface area contributed by atoms with E-state index >= 15 is 0 Å². The van der Waals surface area contributed by atoms with Gasteiger partial charge in [-0.2, -0.15) is 0 Å². The molecule has 20 heavy (non-hydrogen) atoms. The zero-order valence-electron chi connectivity index (χ0n) is 10.6. The molecular formula is C14H11N3O3. The van der Waals surface area contributed by atoms with Crippen LogP contribution in [0.15, 0.2) is 41.1 Å². The maximum absolute atomic E-state index is 12.1. The number of hydrogen-bond donors (Lipinski definition) is 2. The Balaban J connectivity index is 1.86. The Bertz CT molecular complexity index is 801. The molecule has 0 spiro atoms. The molecule has 0 saturated carbocycles. The van der Waals surface area contributed by atoms with Crippen LogP contribution >= 0.6 is 0 Å². The predicted octanol–water partition coefficient (Wildman–Crippen LogP) is 2.29. The van der Waals surface area contributed by atoms with Crippen molar-refractivity contribution in [2.24, 2.45) is 0 Å². The summed E-state index contributed by atoms with van der Waals surface area (Å²) < 4.78 is 4.82. The van der Waals surface area contributed by atoms with Crippen molar-refractivity contribution in [2.75, 3.05) is 5.32 Å². The van der Waals surface area contributed by atoms with Crippen LogP contribution in [0.1, 0.15) is 16.1 Å². The van der Waals surface area contributed by atoms with Gasteiger partial charge in [-0.1, -0.05) is 23.4 Å². The van der Waals surface area contributed by atoms with Crippen LogP contribution in [0.5, 0.6) is 0 Å². The summed E-state index contributed by atoms with van der Waals surface area (Å²) >= 11 is 0. The van der Waals surface area contributed by atoms with Crippen LogP contribution in [0, 0.1) is 6.92 Å². The number of amides is 1. The summed E-state index contributed by atoms with van der Waals surface area (Å²) in [6.07, 6.45) is 1.53. The van der Waals surface area contributed by atoms with Gasteiger partial charge < -0.3 is 14.8 Å². The Morgan fingerprint density at radius 3 is 2.85 bits per heavy atom. The van der Waals surface area contributed by atoms with Gasteiger partial charge in [-0.15, -0.1) is 0 Å². The van der Waals surface area contributed by atoms with Gasteiger partial charge in [0.1, 0.15) is 5.76 Å². The van der Waals surface area contributed by atoms with Crippen molar-refractivity contribution in [2.45, 2.75) is 6.92 Å². The van der Waals surface area contributed by atoms with E-state index in [1.165, 1.54) is 6.20 Å². The summed E-state index contributed by atoms with van der Waals surface area (Å²) in [5.41, 5.74) is 1.14. The van der Waals surface area contributed by atoms with Crippen molar-refractivity contribution in [1.82, 2.24) is 10.1 Å². The smallest absolute Gasteiger partial charge is 0.298 e. The molecule has 3 aromatic rings. The van der Waals surface area contributed by atoms with Gasteiger partial charge in [0.15, 0.2) is 5.82 Å². The number of aryl methyl sites for hydroxylation is 1. The molecule has 6 nitrogen and oxygen atoms in total. The summed E-state index contributed by atoms with van der Waals surface area (Å²) in [5, 5.41) is 6.74. The largest absolute Gasteiger partial charge is 0.360 e. The summed E-state index contributed by atoms with van der Waals surface area (Å²) in [7, 11) is 0. The first kappa shape index (κ1) is 12.2. The van der Waals surface area contributed by atoms with Crippen molar-refractivity contribution in [3.63, 3.8) is 0 Å². The van der Waals surface area contributed by atoms with E-state index in [0.29, 0.717) is 16.7 Å². The zero-order valence-corrected chi connectivity index (χ0v) is 10.6. The third-order valence-electron chi connectivity index (χ3n) is 2.91. The molecule has 2 aromatic heterocycles. The average Bonchev–Trinajstić information content (AvgIpc) is 3.04. The second kappa shape index (κ2) is 4.65. The number of rotatable bonds is 3. The predicted molar refractivity (Wildman–Crippen MR) is 72.5 cm³/mol. The first-order valence-corrected chi connectivity index (χ1v) is 6.00. The number of Topliss-reactive ketones (excluding diaryl/α,β-unsaturated/α-hetero) is 1. The van der Waals surface area contributed by atoms with E-state index in [1.54, 1.807) is 19.1 Å². The Morgan fingerprint density at radius 1 is 1.30 bits per heavy atom. The third kappa shape index (κ3) is 2.07. The lowest BCUT2D eigenvalue weighted by atomic mass is 10.1. The molecule has 0 fully saturated rings. The average molecular weight is 269 g/mol. The topological polar surface area (TPSA) is 88.0 Å². The van der Waals surface area contributed by atoms with Crippen LogP contribution in [-0.4, -0.2) is 21.8 Å². The molecule has 1 amide bonds. The van der Waals surface area contributed by atoms with Gasteiger partial charge in [0.25, 0.3) is 11.7 Å². The number of para-hydroxylation sites is 1. The number of nitrogens with zero attached hydrogens (tertiary/aromatic N) is 1. The van der Waals surface area contributed by atoms with Crippen molar-refractivity contribution >= 4 is 28.4 Å². The number of benzene rings is 1. The van der Waals surface area contributed by atoms with Gasteiger partial charge >= 0.3 is 0 Å². The van der Waals surface area contributed by atoms with Crippen LogP contribution in [0.4, 0.5) is 5.82 Å². The Kier molecular flexibility index (Phi) is 2.83. The molecule has 0 radical (unpaired) electrons. The highest BCUT2D eigenvalue weighted by Gasteiger charge is 2.20. The molecule has 0 bridgehead atoms. The fraction of sp³-hybridized carbons (Fsp3) is 0.0714. The van der Waals surface area contributed by atoms with E-state index in [1.807, 2.05) is 18.2 Å². The van der Waals surface area contributed by atoms with Crippen LogP contribution in [-0.2, 0) is 4.79 Å². The Morgan fingerprint density at radius 2 is 2.10 bits per heavy atom. The molecular weight excluding hydrogens is 258 g/mol. The summed E-state index contributed by atoms with van der Waals surface area (Å²) in [5.74, 6) is -0.591. The van der Waals surface area contributed by atoms with E-state index in [2.05, 4.69) is 15.5 Å². The number of H-pyrrole nitrogens is 1. The number of hydrogen-bond acceptors (Lipinski definition) is 4. The molecule has 0 aliphatic heterocycles. The van der Waals surface area contributed by atoms with E-state index in [-0.39, 0.29) is 5.82 Å². The highest BCUT2D eigenvalue weighted by molar-refractivity contribution is 6.48. The van der Waals surface area contributed by atoms with Crippen LogP contribution < -0.4 is 5.32 Å². The number of anilines is 1. The number of aromatic amines is 1. The van der Waals surface area contributed by atoms with Gasteiger partial charge in [-0.3, -0.25) is 9.59 Å². The molecule has 6 heteroatoms. The number of ketones is 1. The van der Waals surface area contributed by atoms with E-state index in [4.69, 9.17) is 4.52 Å². The minimum atomic E-state index is -0.747. The lowest BCUT2D eigenvalue weighted by molar-refractivity contribution is -0.112. The number of fused-ring (bicyclic) bond motifs is 1. The van der Waals surface area contributed by atoms with Crippen LogP contribution in [0.3, 0.4) is 0 Å². The molecule has 100 valence electrons. The second-order valence-corrected chi connectivity index (χ2v) is 4.35. The third-order valence-corrected chi connectivity index (χ3v) is 2.91. The van der Waals surface area contributed by atoms with Crippen molar-refractivity contribution in [3.8, 4) is 0 Å². The van der Waals surface area contributed by atoms with E-state index in [0.717, 1.165) is 5.52 Å². The van der Waals surface area contributed by atoms with Gasteiger partial charge in [0.05, 0.1) is 5.56 Å². The fourth-order valence-electron chi connectivity index (χ4n) is 1.98. The molecule has 3 rings (SSSR count). The Labute approximate surface area is 113 Å². The molecule has 0 unspecified atom stereocenters. The molecule has 2 heterocycles. The maximum atomic E-state index is 12.1. The highest BCUT2D eigenvalue weighted by atomic mass is 16.5. The number of aromatic nitrogens is 2. The minimum Gasteiger partial charge on any atom is -0.360 e. The normalized spacial score (nSPS) is 10.7. The molecule has 0 aliphatic rings. The molecule has 0 atom stereocenters. The van der Waals surface area contributed by atoms with Crippen molar-refractivity contribution in [1.29, 1.82) is 0 Å². The Hall–Kier alpha value is -2.89. The number of carbonyl (C=O) groups is 2. The van der Waals surface area contributed by atoms with Gasteiger partial charge in [-0.25, -0.2) is 0 Å². The first-order chi connectivity index (χ1) is 9.65. The van der Waals surface area contributed by atoms with E-state index in [9.17, 15) is 9.59 Å². The summed E-state index contributed by atoms with van der Waals surface area (Å²) in [4.78, 5) is 27.0. The molecule has 0 saturated heterocycles. The molecule has 1 aromatic carbocycles. The number of nitrogens with one attached hydrogen (secondary N) is 2. The lowest BCUT2D eigenvalue weighted by Gasteiger charge is -1.99. The van der Waals surface area contributed by atoms with Crippen LogP contribution in [0.25, 0.3) is 10.9 Å². The highest BCUT2D eigenvalue weighted by Crippen LogP contribution is 2.18. The van der Waals surface area contributed by atoms with Crippen molar-refractivity contribution in [3.05, 3.63) is 47.9 Å². The van der Waals surface area contributed by atoms with Gasteiger partial charge in [-0.05, 0) is 13.0 Å².